The average Bonchev–Trinajstić information content (AvgIpc) is 3.57. The summed E-state index contributed by atoms with van der Waals surface area (Å²) in [5, 5.41) is 0.580. The quantitative estimate of drug-likeness (QED) is 0.373. The Labute approximate surface area is 217 Å². The number of hydrogen-bond acceptors (Lipinski definition) is 6. The lowest BCUT2D eigenvalue weighted by atomic mass is 9.85. The topological polar surface area (TPSA) is 76.1 Å². The number of hydrogen-bond donors (Lipinski definition) is 0. The minimum atomic E-state index is -0.850. The molecule has 0 N–H and O–H groups in total. The molecule has 0 unspecified atom stereocenters. The van der Waals surface area contributed by atoms with Gasteiger partial charge < -0.3 is 14.4 Å². The number of nitrogens with zero attached hydrogens (tertiary/aromatic N) is 2. The van der Waals surface area contributed by atoms with Gasteiger partial charge in [-0.1, -0.05) is 48.0 Å². The number of rotatable bonds is 3. The van der Waals surface area contributed by atoms with Crippen molar-refractivity contribution < 1.29 is 23.9 Å². The molecule has 0 radical (unpaired) electrons. The molecule has 0 saturated carbocycles. The number of ketones is 1. The van der Waals surface area contributed by atoms with E-state index in [1.165, 1.54) is 4.90 Å². The van der Waals surface area contributed by atoms with Crippen LogP contribution in [0.1, 0.15) is 22.8 Å². The fraction of sp³-hybridized carbons (Fsp3) is 0.207. The van der Waals surface area contributed by atoms with Crippen LogP contribution in [0.2, 0.25) is 5.02 Å². The van der Waals surface area contributed by atoms with Gasteiger partial charge in [0.25, 0.3) is 0 Å². The number of allylic oxidation sites excluding steroid dienone is 1. The molecule has 2 fully saturated rings. The predicted molar refractivity (Wildman–Crippen MR) is 138 cm³/mol. The Balaban J connectivity index is 1.38. The summed E-state index contributed by atoms with van der Waals surface area (Å²) in [6.45, 7) is 2.05. The summed E-state index contributed by atoms with van der Waals surface area (Å²) in [4.78, 5) is 45.2. The number of carbonyl (C=O) groups is 3. The lowest BCUT2D eigenvalue weighted by molar-refractivity contribution is -0.122. The van der Waals surface area contributed by atoms with Crippen LogP contribution in [-0.4, -0.2) is 36.5 Å². The van der Waals surface area contributed by atoms with Crippen LogP contribution in [-0.2, 0) is 9.59 Å². The molecule has 4 atom stereocenters. The van der Waals surface area contributed by atoms with E-state index >= 15 is 0 Å². The van der Waals surface area contributed by atoms with Crippen LogP contribution in [0.4, 0.5) is 11.4 Å². The highest BCUT2D eigenvalue weighted by molar-refractivity contribution is 6.31. The Morgan fingerprint density at radius 2 is 1.68 bits per heavy atom. The number of imide groups is 1. The number of halogens is 1. The number of carbonyl (C=O) groups excluding carboxylic acids is 3. The van der Waals surface area contributed by atoms with Gasteiger partial charge in [-0.05, 0) is 42.8 Å². The molecule has 4 heterocycles. The standard InChI is InChI=1S/C29H21ClN2O5/c1-15-11-21-24-25(29(35)31(28(24)34)18-8-10-22-23(13-18)37-14-36-22)26(27(33)16-5-3-2-4-6-16)32(21)20-9-7-17(30)12-19(15)20/h2-13,21,24-26H,14H2,1H3/t21-,24-,25-,26+/m1/s1. The van der Waals surface area contributed by atoms with E-state index in [9.17, 15) is 14.4 Å². The van der Waals surface area contributed by atoms with E-state index in [-0.39, 0.29) is 24.4 Å². The zero-order valence-corrected chi connectivity index (χ0v) is 20.5. The highest BCUT2D eigenvalue weighted by atomic mass is 35.5. The van der Waals surface area contributed by atoms with Crippen LogP contribution in [0, 0.1) is 11.8 Å². The summed E-state index contributed by atoms with van der Waals surface area (Å²) in [5.41, 5.74) is 3.55. The van der Waals surface area contributed by atoms with Crippen molar-refractivity contribution in [3.8, 4) is 11.5 Å². The zero-order valence-electron chi connectivity index (χ0n) is 19.8. The van der Waals surface area contributed by atoms with Gasteiger partial charge in [-0.2, -0.15) is 0 Å². The van der Waals surface area contributed by atoms with Gasteiger partial charge in [0.05, 0.1) is 23.6 Å². The maximum atomic E-state index is 14.0. The molecule has 7 nitrogen and oxygen atoms in total. The van der Waals surface area contributed by atoms with Crippen LogP contribution in [0.3, 0.4) is 0 Å². The smallest absolute Gasteiger partial charge is 0.240 e. The van der Waals surface area contributed by atoms with E-state index in [0.717, 1.165) is 16.8 Å². The van der Waals surface area contributed by atoms with Crippen molar-refractivity contribution in [2.24, 2.45) is 11.8 Å². The Bertz CT molecular complexity index is 1530. The molecule has 8 heteroatoms. The number of fused-ring (bicyclic) bond motifs is 6. The van der Waals surface area contributed by atoms with Gasteiger partial charge in [-0.3, -0.25) is 14.4 Å². The van der Waals surface area contributed by atoms with Crippen LogP contribution in [0.25, 0.3) is 5.57 Å². The molecular weight excluding hydrogens is 492 g/mol. The van der Waals surface area contributed by atoms with Gasteiger partial charge in [-0.15, -0.1) is 0 Å². The van der Waals surface area contributed by atoms with Crippen molar-refractivity contribution in [1.82, 2.24) is 0 Å². The van der Waals surface area contributed by atoms with E-state index in [4.69, 9.17) is 21.1 Å². The van der Waals surface area contributed by atoms with Crippen molar-refractivity contribution in [2.75, 3.05) is 16.6 Å². The molecule has 0 aliphatic carbocycles. The van der Waals surface area contributed by atoms with Crippen LogP contribution in [0.5, 0.6) is 11.5 Å². The van der Waals surface area contributed by atoms with E-state index < -0.39 is 23.9 Å². The minimum absolute atomic E-state index is 0.0874. The molecule has 4 aliphatic rings. The molecule has 4 aliphatic heterocycles. The maximum Gasteiger partial charge on any atom is 0.240 e. The van der Waals surface area contributed by atoms with Crippen molar-refractivity contribution >= 4 is 46.1 Å². The third-order valence-electron chi connectivity index (χ3n) is 7.75. The molecule has 0 bridgehead atoms. The third-order valence-corrected chi connectivity index (χ3v) is 7.99. The van der Waals surface area contributed by atoms with Crippen molar-refractivity contribution in [3.05, 3.63) is 89.0 Å². The summed E-state index contributed by atoms with van der Waals surface area (Å²) >= 11 is 6.30. The molecule has 2 saturated heterocycles. The molecular formula is C29H21ClN2O5. The van der Waals surface area contributed by atoms with E-state index in [0.29, 0.717) is 27.8 Å². The molecule has 0 spiro atoms. The fourth-order valence-corrected chi connectivity index (χ4v) is 6.34. The summed E-state index contributed by atoms with van der Waals surface area (Å²) in [6, 6.07) is 18.1. The van der Waals surface area contributed by atoms with Crippen molar-refractivity contribution in [1.29, 1.82) is 0 Å². The second-order valence-corrected chi connectivity index (χ2v) is 10.1. The summed E-state index contributed by atoms with van der Waals surface area (Å²) < 4.78 is 10.9. The monoisotopic (exact) mass is 512 g/mol. The summed E-state index contributed by atoms with van der Waals surface area (Å²) in [5.74, 6) is -1.43. The Hall–Kier alpha value is -4.10. The highest BCUT2D eigenvalue weighted by Gasteiger charge is 2.64. The minimum Gasteiger partial charge on any atom is -0.454 e. The highest BCUT2D eigenvalue weighted by Crippen LogP contribution is 2.52. The van der Waals surface area contributed by atoms with E-state index in [1.54, 1.807) is 48.5 Å². The van der Waals surface area contributed by atoms with Crippen LogP contribution >= 0.6 is 11.6 Å². The molecule has 3 aromatic rings. The third kappa shape index (κ3) is 3.10. The number of amides is 2. The molecule has 7 rings (SSSR count). The Morgan fingerprint density at radius 3 is 2.49 bits per heavy atom. The first-order chi connectivity index (χ1) is 17.9. The lowest BCUT2D eigenvalue weighted by Crippen LogP contribution is -2.49. The lowest BCUT2D eigenvalue weighted by Gasteiger charge is -2.38. The number of Topliss-reactive ketones (excluding diaryl/α,β-unsaturated/α-hetero) is 1. The zero-order chi connectivity index (χ0) is 25.4. The van der Waals surface area contributed by atoms with E-state index in [1.807, 2.05) is 36.1 Å². The van der Waals surface area contributed by atoms with Crippen LogP contribution < -0.4 is 19.3 Å². The first-order valence-corrected chi connectivity index (χ1v) is 12.5. The molecule has 2 amide bonds. The maximum absolute atomic E-state index is 14.0. The first-order valence-electron chi connectivity index (χ1n) is 12.1. The van der Waals surface area contributed by atoms with Crippen molar-refractivity contribution in [3.63, 3.8) is 0 Å². The Morgan fingerprint density at radius 1 is 0.919 bits per heavy atom. The predicted octanol–water partition coefficient (Wildman–Crippen LogP) is 4.73. The second kappa shape index (κ2) is 7.95. The normalized spacial score (nSPS) is 25.1. The first kappa shape index (κ1) is 22.1. The van der Waals surface area contributed by atoms with Crippen molar-refractivity contribution in [2.45, 2.75) is 19.0 Å². The molecule has 184 valence electrons. The van der Waals surface area contributed by atoms with Gasteiger partial charge in [0, 0.05) is 27.9 Å². The molecule has 0 aromatic heterocycles. The van der Waals surface area contributed by atoms with Gasteiger partial charge in [0.1, 0.15) is 6.04 Å². The number of ether oxygens (including phenoxy) is 2. The number of anilines is 2. The van der Waals surface area contributed by atoms with Crippen LogP contribution in [0.15, 0.2) is 72.8 Å². The Kier molecular flexibility index (Phi) is 4.75. The summed E-state index contributed by atoms with van der Waals surface area (Å²) in [7, 11) is 0. The number of benzene rings is 3. The SMILES string of the molecule is CC1=C[C@@H]2[C@H]3C(=O)N(c4ccc5c(c4)OCO5)C(=O)[C@H]3[C@@H](C(=O)c3ccccc3)N2c2ccc(Cl)cc21. The summed E-state index contributed by atoms with van der Waals surface area (Å²) in [6.07, 6.45) is 1.99. The second-order valence-electron chi connectivity index (χ2n) is 9.69. The fourth-order valence-electron chi connectivity index (χ4n) is 6.17. The van der Waals surface area contributed by atoms with Gasteiger partial charge >= 0.3 is 0 Å². The van der Waals surface area contributed by atoms with Gasteiger partial charge in [0.15, 0.2) is 17.3 Å². The van der Waals surface area contributed by atoms with E-state index in [2.05, 4.69) is 0 Å². The largest absolute Gasteiger partial charge is 0.454 e. The molecule has 37 heavy (non-hydrogen) atoms. The van der Waals surface area contributed by atoms with Gasteiger partial charge in [-0.25, -0.2) is 4.90 Å². The molecule has 3 aromatic carbocycles. The van der Waals surface area contributed by atoms with Gasteiger partial charge in [0.2, 0.25) is 18.6 Å². The average molecular weight is 513 g/mol.